The van der Waals surface area contributed by atoms with Crippen LogP contribution in [-0.2, 0) is 9.53 Å². The Bertz CT molecular complexity index is 179. The predicted molar refractivity (Wildman–Crippen MR) is 49.6 cm³/mol. The molecular formula is C10H18O3. The smallest absolute Gasteiger partial charge is 0.332 e. The summed E-state index contributed by atoms with van der Waals surface area (Å²) in [7, 11) is 0. The van der Waals surface area contributed by atoms with Gasteiger partial charge in [0.05, 0.1) is 6.10 Å². The van der Waals surface area contributed by atoms with Crippen LogP contribution in [0.5, 0.6) is 0 Å². The summed E-state index contributed by atoms with van der Waals surface area (Å²) in [6.07, 6.45) is 3.95. The maximum atomic E-state index is 10.5. The van der Waals surface area contributed by atoms with Crippen molar-refractivity contribution in [2.45, 2.75) is 51.7 Å². The van der Waals surface area contributed by atoms with E-state index in [1.54, 1.807) is 6.92 Å². The first-order chi connectivity index (χ1) is 6.09. The molecular weight excluding hydrogens is 168 g/mol. The molecule has 0 aromatic carbocycles. The molecule has 0 heterocycles. The summed E-state index contributed by atoms with van der Waals surface area (Å²) in [5, 5.41) is 8.65. The third-order valence-corrected chi connectivity index (χ3v) is 2.63. The predicted octanol–water partition coefficient (Wildman–Crippen LogP) is 2.05. The largest absolute Gasteiger partial charge is 0.479 e. The molecule has 1 rings (SSSR count). The lowest BCUT2D eigenvalue weighted by atomic mass is 9.88. The maximum absolute atomic E-state index is 10.5. The number of carbonyl (C=O) groups is 1. The summed E-state index contributed by atoms with van der Waals surface area (Å²) in [6, 6.07) is 0. The van der Waals surface area contributed by atoms with Crippen molar-refractivity contribution >= 4 is 5.97 Å². The number of carboxylic acids is 1. The van der Waals surface area contributed by atoms with Gasteiger partial charge in [-0.25, -0.2) is 4.79 Å². The summed E-state index contributed by atoms with van der Waals surface area (Å²) in [4.78, 5) is 10.5. The van der Waals surface area contributed by atoms with Crippen molar-refractivity contribution in [1.82, 2.24) is 0 Å². The van der Waals surface area contributed by atoms with Gasteiger partial charge in [0, 0.05) is 0 Å². The second-order valence-corrected chi connectivity index (χ2v) is 4.01. The van der Waals surface area contributed by atoms with Crippen LogP contribution in [0, 0.1) is 5.92 Å². The zero-order chi connectivity index (χ0) is 9.84. The van der Waals surface area contributed by atoms with E-state index in [-0.39, 0.29) is 6.10 Å². The molecule has 1 N–H and O–H groups in total. The fourth-order valence-electron chi connectivity index (χ4n) is 1.85. The van der Waals surface area contributed by atoms with Crippen LogP contribution < -0.4 is 0 Å². The van der Waals surface area contributed by atoms with Gasteiger partial charge in [-0.3, -0.25) is 0 Å². The van der Waals surface area contributed by atoms with Crippen molar-refractivity contribution in [2.24, 2.45) is 5.92 Å². The quantitative estimate of drug-likeness (QED) is 0.733. The van der Waals surface area contributed by atoms with E-state index in [1.807, 2.05) is 0 Å². The topological polar surface area (TPSA) is 46.5 Å². The molecule has 1 fully saturated rings. The van der Waals surface area contributed by atoms with Crippen molar-refractivity contribution in [3.05, 3.63) is 0 Å². The van der Waals surface area contributed by atoms with Gasteiger partial charge in [-0.1, -0.05) is 19.8 Å². The van der Waals surface area contributed by atoms with Crippen molar-refractivity contribution in [3.63, 3.8) is 0 Å². The Morgan fingerprint density at radius 3 is 2.77 bits per heavy atom. The van der Waals surface area contributed by atoms with Crippen LogP contribution in [0.15, 0.2) is 0 Å². The fraction of sp³-hybridized carbons (Fsp3) is 0.900. The molecule has 0 aromatic heterocycles. The molecule has 0 amide bonds. The molecule has 1 saturated carbocycles. The minimum Gasteiger partial charge on any atom is -0.479 e. The highest BCUT2D eigenvalue weighted by atomic mass is 16.5. The Morgan fingerprint density at radius 2 is 2.23 bits per heavy atom. The SMILES string of the molecule is C[C@@H]1CCC[C@@H](O[C@H](C)C(=O)O)C1. The van der Waals surface area contributed by atoms with Gasteiger partial charge in [0.1, 0.15) is 0 Å². The molecule has 0 aliphatic heterocycles. The molecule has 13 heavy (non-hydrogen) atoms. The van der Waals surface area contributed by atoms with E-state index in [1.165, 1.54) is 6.42 Å². The zero-order valence-electron chi connectivity index (χ0n) is 8.32. The number of aliphatic carboxylic acids is 1. The Labute approximate surface area is 79.1 Å². The van der Waals surface area contributed by atoms with Gasteiger partial charge in [-0.2, -0.15) is 0 Å². The van der Waals surface area contributed by atoms with Crippen molar-refractivity contribution < 1.29 is 14.6 Å². The molecule has 0 bridgehead atoms. The van der Waals surface area contributed by atoms with E-state index < -0.39 is 12.1 Å². The molecule has 0 spiro atoms. The van der Waals surface area contributed by atoms with Crippen molar-refractivity contribution in [2.75, 3.05) is 0 Å². The van der Waals surface area contributed by atoms with E-state index in [4.69, 9.17) is 9.84 Å². The standard InChI is InChI=1S/C10H18O3/c1-7-4-3-5-9(6-7)13-8(2)10(11)12/h7-9H,3-6H2,1-2H3,(H,11,12)/t7-,8-,9-/m1/s1. The third kappa shape index (κ3) is 3.35. The Balaban J connectivity index is 2.31. The van der Waals surface area contributed by atoms with Gasteiger partial charge in [0.15, 0.2) is 6.10 Å². The van der Waals surface area contributed by atoms with Crippen LogP contribution in [0.25, 0.3) is 0 Å². The molecule has 0 radical (unpaired) electrons. The number of hydrogen-bond acceptors (Lipinski definition) is 2. The van der Waals surface area contributed by atoms with Gasteiger partial charge in [-0.05, 0) is 25.7 Å². The Morgan fingerprint density at radius 1 is 1.54 bits per heavy atom. The Kier molecular flexibility index (Phi) is 3.72. The zero-order valence-corrected chi connectivity index (χ0v) is 8.32. The summed E-state index contributed by atoms with van der Waals surface area (Å²) >= 11 is 0. The van der Waals surface area contributed by atoms with Crippen LogP contribution in [-0.4, -0.2) is 23.3 Å². The highest BCUT2D eigenvalue weighted by Gasteiger charge is 2.23. The molecule has 0 saturated heterocycles. The first kappa shape index (κ1) is 10.5. The lowest BCUT2D eigenvalue weighted by Gasteiger charge is -2.28. The average molecular weight is 186 g/mol. The van der Waals surface area contributed by atoms with Crippen LogP contribution >= 0.6 is 0 Å². The third-order valence-electron chi connectivity index (χ3n) is 2.63. The number of hydrogen-bond donors (Lipinski definition) is 1. The summed E-state index contributed by atoms with van der Waals surface area (Å²) < 4.78 is 5.42. The lowest BCUT2D eigenvalue weighted by Crippen LogP contribution is -2.29. The molecule has 1 aliphatic carbocycles. The van der Waals surface area contributed by atoms with Gasteiger partial charge < -0.3 is 9.84 Å². The molecule has 1 aliphatic rings. The summed E-state index contributed by atoms with van der Waals surface area (Å²) in [6.45, 7) is 3.79. The Hall–Kier alpha value is -0.570. The second-order valence-electron chi connectivity index (χ2n) is 4.01. The minimum atomic E-state index is -0.863. The number of rotatable bonds is 3. The van der Waals surface area contributed by atoms with Crippen molar-refractivity contribution in [3.8, 4) is 0 Å². The van der Waals surface area contributed by atoms with Gasteiger partial charge in [0.2, 0.25) is 0 Å². The fourth-order valence-corrected chi connectivity index (χ4v) is 1.85. The van der Waals surface area contributed by atoms with E-state index >= 15 is 0 Å². The average Bonchev–Trinajstić information content (AvgIpc) is 2.04. The maximum Gasteiger partial charge on any atom is 0.332 e. The second kappa shape index (κ2) is 4.61. The molecule has 3 heteroatoms. The van der Waals surface area contributed by atoms with Gasteiger partial charge in [0.25, 0.3) is 0 Å². The molecule has 0 unspecified atom stereocenters. The molecule has 0 aromatic rings. The van der Waals surface area contributed by atoms with E-state index in [9.17, 15) is 4.79 Å². The van der Waals surface area contributed by atoms with E-state index in [0.29, 0.717) is 5.92 Å². The number of carboxylic acid groups (broad SMARTS) is 1. The van der Waals surface area contributed by atoms with E-state index in [2.05, 4.69) is 6.92 Å². The molecule has 3 atom stereocenters. The highest BCUT2D eigenvalue weighted by molar-refractivity contribution is 5.71. The van der Waals surface area contributed by atoms with Crippen LogP contribution in [0.1, 0.15) is 39.5 Å². The first-order valence-corrected chi connectivity index (χ1v) is 4.98. The number of ether oxygens (including phenoxy) is 1. The normalized spacial score (nSPS) is 31.2. The first-order valence-electron chi connectivity index (χ1n) is 4.98. The van der Waals surface area contributed by atoms with Crippen LogP contribution in [0.3, 0.4) is 0 Å². The summed E-state index contributed by atoms with van der Waals surface area (Å²) in [5.74, 6) is -0.182. The van der Waals surface area contributed by atoms with E-state index in [0.717, 1.165) is 19.3 Å². The van der Waals surface area contributed by atoms with Crippen molar-refractivity contribution in [1.29, 1.82) is 0 Å². The minimum absolute atomic E-state index is 0.162. The van der Waals surface area contributed by atoms with Gasteiger partial charge in [-0.15, -0.1) is 0 Å². The van der Waals surface area contributed by atoms with Gasteiger partial charge >= 0.3 is 5.97 Å². The van der Waals surface area contributed by atoms with Crippen LogP contribution in [0.2, 0.25) is 0 Å². The molecule has 3 nitrogen and oxygen atoms in total. The highest BCUT2D eigenvalue weighted by Crippen LogP contribution is 2.26. The molecule has 76 valence electrons. The monoisotopic (exact) mass is 186 g/mol. The lowest BCUT2D eigenvalue weighted by molar-refractivity contribution is -0.154. The summed E-state index contributed by atoms with van der Waals surface area (Å²) in [5.41, 5.74) is 0. The van der Waals surface area contributed by atoms with Crippen LogP contribution in [0.4, 0.5) is 0 Å².